The van der Waals surface area contributed by atoms with E-state index in [1.165, 1.54) is 0 Å². The zero-order valence-electron chi connectivity index (χ0n) is 19.7. The molecule has 5 heteroatoms. The number of hydrogen-bond acceptors (Lipinski definition) is 3. The lowest BCUT2D eigenvalue weighted by molar-refractivity contribution is 0.267. The minimum atomic E-state index is -3.46. The fourth-order valence-corrected chi connectivity index (χ4v) is 5.88. The minimum Gasteiger partial charge on any atom is -0.507 e. The van der Waals surface area contributed by atoms with Crippen molar-refractivity contribution in [1.29, 1.82) is 0 Å². The van der Waals surface area contributed by atoms with Crippen molar-refractivity contribution in [2.45, 2.75) is 87.1 Å². The number of rotatable bonds is 3. The Bertz CT molecular complexity index is 855. The summed E-state index contributed by atoms with van der Waals surface area (Å²) in [6.07, 6.45) is 3.78. The van der Waals surface area contributed by atoms with Crippen molar-refractivity contribution in [3.8, 4) is 5.75 Å². The van der Waals surface area contributed by atoms with E-state index in [0.717, 1.165) is 29.5 Å². The number of phenols is 1. The second kappa shape index (κ2) is 7.73. The van der Waals surface area contributed by atoms with Crippen LogP contribution in [-0.2, 0) is 22.9 Å². The lowest BCUT2D eigenvalue weighted by Crippen LogP contribution is -2.41. The molecule has 0 aliphatic carbocycles. The summed E-state index contributed by atoms with van der Waals surface area (Å²) in [5.41, 5.74) is 2.23. The highest BCUT2D eigenvalue weighted by Crippen LogP contribution is 2.37. The predicted molar refractivity (Wildman–Crippen MR) is 122 cm³/mol. The van der Waals surface area contributed by atoms with Crippen molar-refractivity contribution in [3.63, 3.8) is 0 Å². The summed E-state index contributed by atoms with van der Waals surface area (Å²) in [6.45, 7) is 19.2. The standard InChI is InChI=1S/C24H39NO3S/c1-22(2,3)15-18-12-17(13-19(21(18)26)16-23(4,5)6)14-20-10-11-25(24(7,8)9)29(20,27)28/h12-14,26H,10-11,15-16H2,1-9H3/b20-14+. The fourth-order valence-electron chi connectivity index (χ4n) is 3.91. The van der Waals surface area contributed by atoms with Crippen LogP contribution in [0.5, 0.6) is 5.75 Å². The number of hydrogen-bond donors (Lipinski definition) is 1. The van der Waals surface area contributed by atoms with E-state index >= 15 is 0 Å². The second-order valence-corrected chi connectivity index (χ2v) is 13.7. The summed E-state index contributed by atoms with van der Waals surface area (Å²) >= 11 is 0. The van der Waals surface area contributed by atoms with Crippen molar-refractivity contribution in [2.24, 2.45) is 10.8 Å². The first-order valence-corrected chi connectivity index (χ1v) is 11.9. The van der Waals surface area contributed by atoms with Gasteiger partial charge in [0.1, 0.15) is 5.75 Å². The van der Waals surface area contributed by atoms with Gasteiger partial charge in [-0.05, 0) is 85.8 Å². The molecule has 0 unspecified atom stereocenters. The summed E-state index contributed by atoms with van der Waals surface area (Å²) in [5, 5.41) is 10.9. The van der Waals surface area contributed by atoms with E-state index in [2.05, 4.69) is 41.5 Å². The first kappa shape index (κ1) is 23.9. The third-order valence-electron chi connectivity index (χ3n) is 4.99. The Kier molecular flexibility index (Phi) is 6.39. The van der Waals surface area contributed by atoms with Gasteiger partial charge in [0.25, 0.3) is 0 Å². The Labute approximate surface area is 178 Å². The third-order valence-corrected chi connectivity index (χ3v) is 7.29. The van der Waals surface area contributed by atoms with Crippen LogP contribution in [0.15, 0.2) is 17.0 Å². The Morgan fingerprint density at radius 3 is 1.72 bits per heavy atom. The quantitative estimate of drug-likeness (QED) is 0.676. The first-order chi connectivity index (χ1) is 12.9. The summed E-state index contributed by atoms with van der Waals surface area (Å²) in [5.74, 6) is 0.350. The molecule has 1 saturated heterocycles. The van der Waals surface area contributed by atoms with Crippen LogP contribution in [0.3, 0.4) is 0 Å². The number of nitrogens with zero attached hydrogens (tertiary/aromatic N) is 1. The first-order valence-electron chi connectivity index (χ1n) is 10.5. The summed E-state index contributed by atoms with van der Waals surface area (Å²) in [4.78, 5) is 0.460. The molecule has 2 rings (SSSR count). The molecule has 0 radical (unpaired) electrons. The molecule has 0 aromatic heterocycles. The molecule has 164 valence electrons. The molecule has 0 bridgehead atoms. The number of sulfonamides is 1. The van der Waals surface area contributed by atoms with E-state index in [4.69, 9.17) is 0 Å². The molecule has 4 nitrogen and oxygen atoms in total. The number of phenolic OH excluding ortho intramolecular Hbond substituents is 1. The van der Waals surface area contributed by atoms with E-state index in [1.54, 1.807) is 10.4 Å². The van der Waals surface area contributed by atoms with Crippen LogP contribution < -0.4 is 0 Å². The van der Waals surface area contributed by atoms with Gasteiger partial charge in [-0.1, -0.05) is 41.5 Å². The molecule has 1 aliphatic rings. The van der Waals surface area contributed by atoms with Crippen LogP contribution in [0.4, 0.5) is 0 Å². The minimum absolute atomic E-state index is 0.0186. The third kappa shape index (κ3) is 6.08. The molecule has 0 amide bonds. The van der Waals surface area contributed by atoms with E-state index < -0.39 is 15.6 Å². The van der Waals surface area contributed by atoms with Crippen LogP contribution in [0.25, 0.3) is 6.08 Å². The van der Waals surface area contributed by atoms with Crippen molar-refractivity contribution in [3.05, 3.63) is 33.7 Å². The van der Waals surface area contributed by atoms with Gasteiger partial charge in [-0.2, -0.15) is 4.31 Å². The Hall–Kier alpha value is -1.33. The summed E-state index contributed by atoms with van der Waals surface area (Å²) in [6, 6.07) is 3.91. The van der Waals surface area contributed by atoms with Gasteiger partial charge in [-0.15, -0.1) is 0 Å². The molecule has 1 aromatic rings. The zero-order valence-corrected chi connectivity index (χ0v) is 20.5. The largest absolute Gasteiger partial charge is 0.507 e. The van der Waals surface area contributed by atoms with Gasteiger partial charge < -0.3 is 5.11 Å². The van der Waals surface area contributed by atoms with Gasteiger partial charge >= 0.3 is 0 Å². The molecule has 1 aromatic carbocycles. The van der Waals surface area contributed by atoms with E-state index in [0.29, 0.717) is 23.6 Å². The molecule has 1 aliphatic heterocycles. The topological polar surface area (TPSA) is 57.6 Å². The maximum Gasteiger partial charge on any atom is 0.239 e. The Morgan fingerprint density at radius 1 is 0.931 bits per heavy atom. The normalized spacial score (nSPS) is 19.8. The van der Waals surface area contributed by atoms with E-state index in [-0.39, 0.29) is 10.8 Å². The SMILES string of the molecule is CC(C)(C)Cc1cc(/C=C2\CCN(C(C)(C)C)S2(=O)=O)cc(CC(C)(C)C)c1O. The van der Waals surface area contributed by atoms with Gasteiger partial charge in [0, 0.05) is 12.1 Å². The lowest BCUT2D eigenvalue weighted by Gasteiger charge is -2.29. The van der Waals surface area contributed by atoms with Crippen LogP contribution >= 0.6 is 0 Å². The van der Waals surface area contributed by atoms with Gasteiger partial charge in [0.05, 0.1) is 4.91 Å². The molecule has 1 fully saturated rings. The average molecular weight is 422 g/mol. The predicted octanol–water partition coefficient (Wildman–Crippen LogP) is 5.74. The molecular weight excluding hydrogens is 382 g/mol. The van der Waals surface area contributed by atoms with Crippen molar-refractivity contribution in [2.75, 3.05) is 6.54 Å². The van der Waals surface area contributed by atoms with Gasteiger partial charge in [0.2, 0.25) is 10.0 Å². The van der Waals surface area contributed by atoms with Gasteiger partial charge in [-0.3, -0.25) is 0 Å². The van der Waals surface area contributed by atoms with Crippen molar-refractivity contribution >= 4 is 16.1 Å². The maximum absolute atomic E-state index is 13.0. The van der Waals surface area contributed by atoms with E-state index in [9.17, 15) is 13.5 Å². The van der Waals surface area contributed by atoms with Crippen molar-refractivity contribution in [1.82, 2.24) is 4.31 Å². The summed E-state index contributed by atoms with van der Waals surface area (Å²) < 4.78 is 27.7. The number of aromatic hydroxyl groups is 1. The molecule has 1 N–H and O–H groups in total. The van der Waals surface area contributed by atoms with Crippen molar-refractivity contribution < 1.29 is 13.5 Å². The highest BCUT2D eigenvalue weighted by molar-refractivity contribution is 7.93. The molecule has 1 heterocycles. The maximum atomic E-state index is 13.0. The fraction of sp³-hybridized carbons (Fsp3) is 0.667. The Morgan fingerprint density at radius 2 is 1.38 bits per heavy atom. The molecule has 0 saturated carbocycles. The highest BCUT2D eigenvalue weighted by atomic mass is 32.2. The van der Waals surface area contributed by atoms with Crippen LogP contribution in [0.1, 0.15) is 85.4 Å². The lowest BCUT2D eigenvalue weighted by atomic mass is 9.83. The Balaban J connectivity index is 2.56. The molecule has 29 heavy (non-hydrogen) atoms. The van der Waals surface area contributed by atoms with Crippen LogP contribution in [-0.4, -0.2) is 29.9 Å². The van der Waals surface area contributed by atoms with Gasteiger partial charge in [0.15, 0.2) is 0 Å². The monoisotopic (exact) mass is 421 g/mol. The van der Waals surface area contributed by atoms with Crippen LogP contribution in [0, 0.1) is 10.8 Å². The molecule has 0 spiro atoms. The number of benzene rings is 1. The highest BCUT2D eigenvalue weighted by Gasteiger charge is 2.40. The van der Waals surface area contributed by atoms with E-state index in [1.807, 2.05) is 32.9 Å². The zero-order chi connectivity index (χ0) is 22.4. The van der Waals surface area contributed by atoms with Gasteiger partial charge in [-0.25, -0.2) is 8.42 Å². The smallest absolute Gasteiger partial charge is 0.239 e. The average Bonchev–Trinajstić information content (AvgIpc) is 2.75. The molecule has 0 atom stereocenters. The summed E-state index contributed by atoms with van der Waals surface area (Å²) in [7, 11) is -3.46. The van der Waals surface area contributed by atoms with Crippen LogP contribution in [0.2, 0.25) is 0 Å². The second-order valence-electron chi connectivity index (χ2n) is 11.8. The molecular formula is C24H39NO3S.